The van der Waals surface area contributed by atoms with Crippen LogP contribution in [-0.2, 0) is 4.74 Å². The summed E-state index contributed by atoms with van der Waals surface area (Å²) in [5, 5.41) is 7.46. The van der Waals surface area contributed by atoms with Gasteiger partial charge in [-0.1, -0.05) is 17.7 Å². The van der Waals surface area contributed by atoms with E-state index in [1.807, 2.05) is 0 Å². The Morgan fingerprint density at radius 3 is 2.78 bits per heavy atom. The first-order chi connectivity index (χ1) is 13.1. The molecule has 0 radical (unpaired) electrons. The summed E-state index contributed by atoms with van der Waals surface area (Å²) in [7, 11) is 3.53. The lowest BCUT2D eigenvalue weighted by molar-refractivity contribution is 0.155. The highest BCUT2D eigenvalue weighted by Crippen LogP contribution is 2.44. The number of nitrogens with one attached hydrogen (secondary N) is 2. The van der Waals surface area contributed by atoms with E-state index in [2.05, 4.69) is 20.5 Å². The zero-order valence-electron chi connectivity index (χ0n) is 16.2. The van der Waals surface area contributed by atoms with Crippen molar-refractivity contribution in [3.05, 3.63) is 34.6 Å². The van der Waals surface area contributed by atoms with Crippen LogP contribution in [0.1, 0.15) is 37.2 Å². The molecule has 1 saturated heterocycles. The highest BCUT2D eigenvalue weighted by Gasteiger charge is 2.42. The van der Waals surface area contributed by atoms with Crippen LogP contribution in [0.2, 0.25) is 5.02 Å². The Morgan fingerprint density at radius 2 is 2.11 bits per heavy atom. The Labute approximate surface area is 166 Å². The van der Waals surface area contributed by atoms with E-state index in [0.29, 0.717) is 16.6 Å². The van der Waals surface area contributed by atoms with Gasteiger partial charge in [0.05, 0.1) is 0 Å². The minimum atomic E-state index is -0.222. The predicted molar refractivity (Wildman–Crippen MR) is 108 cm³/mol. The fourth-order valence-corrected chi connectivity index (χ4v) is 4.11. The number of benzene rings is 1. The molecule has 2 fully saturated rings. The molecule has 1 saturated carbocycles. The zero-order valence-corrected chi connectivity index (χ0v) is 16.9. The molecule has 150 valence electrons. The third-order valence-electron chi connectivity index (χ3n) is 5.46. The standard InChI is InChI=1S/C20H30ClFN4O/c1-23-20(24-14-7-10-26(11-8-14)9-4-12-27-2)25-18-13-15(18)19-16(21)5-3-6-17(19)22/h3,5-6,14-15,18H,4,7-13H2,1-2H3,(H2,23,24,25). The van der Waals surface area contributed by atoms with Crippen LogP contribution in [0.4, 0.5) is 4.39 Å². The number of methoxy groups -OCH3 is 1. The van der Waals surface area contributed by atoms with Gasteiger partial charge in [-0.15, -0.1) is 0 Å². The van der Waals surface area contributed by atoms with E-state index in [1.54, 1.807) is 26.3 Å². The zero-order chi connectivity index (χ0) is 19.2. The van der Waals surface area contributed by atoms with Crippen LogP contribution in [-0.4, -0.2) is 63.3 Å². The van der Waals surface area contributed by atoms with Crippen LogP contribution < -0.4 is 10.6 Å². The SMILES string of the molecule is CN=C(NC1CCN(CCCOC)CC1)NC1CC1c1c(F)cccc1Cl. The van der Waals surface area contributed by atoms with Crippen molar-refractivity contribution in [1.29, 1.82) is 0 Å². The lowest BCUT2D eigenvalue weighted by atomic mass is 10.1. The molecule has 1 aromatic carbocycles. The van der Waals surface area contributed by atoms with Gasteiger partial charge in [0, 0.05) is 69.0 Å². The molecule has 1 aliphatic heterocycles. The highest BCUT2D eigenvalue weighted by molar-refractivity contribution is 6.31. The van der Waals surface area contributed by atoms with Gasteiger partial charge in [-0.05, 0) is 37.8 Å². The fraction of sp³-hybridized carbons (Fsp3) is 0.650. The van der Waals surface area contributed by atoms with Crippen molar-refractivity contribution in [2.75, 3.05) is 40.4 Å². The average molecular weight is 397 g/mol. The van der Waals surface area contributed by atoms with Crippen molar-refractivity contribution in [2.45, 2.75) is 43.7 Å². The van der Waals surface area contributed by atoms with Gasteiger partial charge in [-0.25, -0.2) is 4.39 Å². The number of piperidine rings is 1. The number of guanidine groups is 1. The Kier molecular flexibility index (Phi) is 7.33. The van der Waals surface area contributed by atoms with Crippen LogP contribution in [0.3, 0.4) is 0 Å². The Morgan fingerprint density at radius 1 is 1.33 bits per heavy atom. The van der Waals surface area contributed by atoms with Gasteiger partial charge in [-0.2, -0.15) is 0 Å². The van der Waals surface area contributed by atoms with Crippen molar-refractivity contribution >= 4 is 17.6 Å². The lowest BCUT2D eigenvalue weighted by Gasteiger charge is -2.33. The maximum atomic E-state index is 14.1. The highest BCUT2D eigenvalue weighted by atomic mass is 35.5. The van der Waals surface area contributed by atoms with Crippen LogP contribution >= 0.6 is 11.6 Å². The molecule has 1 aromatic rings. The first-order valence-corrected chi connectivity index (χ1v) is 10.1. The quantitative estimate of drug-likeness (QED) is 0.422. The number of ether oxygens (including phenoxy) is 1. The second-order valence-corrected chi connectivity index (χ2v) is 7.81. The largest absolute Gasteiger partial charge is 0.385 e. The lowest BCUT2D eigenvalue weighted by Crippen LogP contribution is -2.49. The molecule has 1 aliphatic carbocycles. The molecule has 2 unspecified atom stereocenters. The number of hydrogen-bond donors (Lipinski definition) is 2. The Bertz CT molecular complexity index is 629. The molecule has 0 spiro atoms. The van der Waals surface area contributed by atoms with Crippen LogP contribution in [0, 0.1) is 5.82 Å². The summed E-state index contributed by atoms with van der Waals surface area (Å²) in [5.41, 5.74) is 0.622. The second kappa shape index (κ2) is 9.71. The molecule has 2 aliphatic rings. The molecule has 2 N–H and O–H groups in total. The van der Waals surface area contributed by atoms with Gasteiger partial charge in [0.25, 0.3) is 0 Å². The summed E-state index contributed by atoms with van der Waals surface area (Å²) in [6.07, 6.45) is 4.15. The molecule has 0 amide bonds. The summed E-state index contributed by atoms with van der Waals surface area (Å²) in [5.74, 6) is 0.688. The molecule has 7 heteroatoms. The summed E-state index contributed by atoms with van der Waals surface area (Å²) in [6.45, 7) is 4.11. The van der Waals surface area contributed by atoms with E-state index in [-0.39, 0.29) is 17.8 Å². The molecule has 0 bridgehead atoms. The van der Waals surface area contributed by atoms with Crippen LogP contribution in [0.25, 0.3) is 0 Å². The van der Waals surface area contributed by atoms with Gasteiger partial charge in [0.15, 0.2) is 5.96 Å². The molecule has 5 nitrogen and oxygen atoms in total. The number of aliphatic imine (C=N–C) groups is 1. The van der Waals surface area contributed by atoms with Gasteiger partial charge < -0.3 is 20.3 Å². The van der Waals surface area contributed by atoms with Crippen LogP contribution in [0.5, 0.6) is 0 Å². The molecular weight excluding hydrogens is 367 g/mol. The summed E-state index contributed by atoms with van der Waals surface area (Å²) >= 11 is 6.19. The Balaban J connectivity index is 1.44. The minimum absolute atomic E-state index is 0.111. The molecule has 0 aromatic heterocycles. The summed E-state index contributed by atoms with van der Waals surface area (Å²) in [4.78, 5) is 6.84. The third-order valence-corrected chi connectivity index (χ3v) is 5.79. The van der Waals surface area contributed by atoms with Gasteiger partial charge in [0.1, 0.15) is 5.82 Å². The van der Waals surface area contributed by atoms with Crippen molar-refractivity contribution in [2.24, 2.45) is 4.99 Å². The maximum Gasteiger partial charge on any atom is 0.191 e. The van der Waals surface area contributed by atoms with E-state index in [9.17, 15) is 4.39 Å². The molecule has 2 atom stereocenters. The second-order valence-electron chi connectivity index (χ2n) is 7.41. The van der Waals surface area contributed by atoms with Crippen molar-refractivity contribution in [1.82, 2.24) is 15.5 Å². The third kappa shape index (κ3) is 5.56. The maximum absolute atomic E-state index is 14.1. The number of likely N-dealkylation sites (tertiary alicyclic amines) is 1. The summed E-state index contributed by atoms with van der Waals surface area (Å²) < 4.78 is 19.2. The monoisotopic (exact) mass is 396 g/mol. The number of halogens is 2. The smallest absolute Gasteiger partial charge is 0.191 e. The first kappa shape index (κ1) is 20.4. The van der Waals surface area contributed by atoms with Crippen molar-refractivity contribution in [3.63, 3.8) is 0 Å². The van der Waals surface area contributed by atoms with Gasteiger partial charge in [0.2, 0.25) is 0 Å². The molecule has 3 rings (SSSR count). The van der Waals surface area contributed by atoms with Gasteiger partial charge in [-0.3, -0.25) is 4.99 Å². The Hall–Kier alpha value is -1.37. The number of rotatable bonds is 7. The van der Waals surface area contributed by atoms with E-state index < -0.39 is 0 Å². The topological polar surface area (TPSA) is 48.9 Å². The number of nitrogens with zero attached hydrogens (tertiary/aromatic N) is 2. The fourth-order valence-electron chi connectivity index (χ4n) is 3.81. The van der Waals surface area contributed by atoms with E-state index in [1.165, 1.54) is 6.07 Å². The average Bonchev–Trinajstić information content (AvgIpc) is 3.41. The molecule has 27 heavy (non-hydrogen) atoms. The van der Waals surface area contributed by atoms with Crippen LogP contribution in [0.15, 0.2) is 23.2 Å². The van der Waals surface area contributed by atoms with E-state index in [0.717, 1.165) is 57.9 Å². The van der Waals surface area contributed by atoms with Crippen molar-refractivity contribution < 1.29 is 9.13 Å². The van der Waals surface area contributed by atoms with E-state index in [4.69, 9.17) is 16.3 Å². The molecule has 1 heterocycles. The molecular formula is C20H30ClFN4O. The summed E-state index contributed by atoms with van der Waals surface area (Å²) in [6, 6.07) is 5.48. The van der Waals surface area contributed by atoms with Crippen molar-refractivity contribution in [3.8, 4) is 0 Å². The first-order valence-electron chi connectivity index (χ1n) is 9.77. The predicted octanol–water partition coefficient (Wildman–Crippen LogP) is 3.00. The van der Waals surface area contributed by atoms with Gasteiger partial charge >= 0.3 is 0 Å². The van der Waals surface area contributed by atoms with E-state index >= 15 is 0 Å². The minimum Gasteiger partial charge on any atom is -0.385 e. The number of hydrogen-bond acceptors (Lipinski definition) is 3. The normalized spacial score (nSPS) is 24.1.